The van der Waals surface area contributed by atoms with E-state index in [1.165, 1.54) is 12.0 Å². The fourth-order valence-corrected chi connectivity index (χ4v) is 4.67. The lowest BCUT2D eigenvalue weighted by molar-refractivity contribution is -0.150. The summed E-state index contributed by atoms with van der Waals surface area (Å²) in [5, 5.41) is 0. The van der Waals surface area contributed by atoms with Crippen molar-refractivity contribution in [3.05, 3.63) is 84.4 Å². The largest absolute Gasteiger partial charge is 0.469 e. The third-order valence-corrected chi connectivity index (χ3v) is 6.79. The molecule has 0 spiro atoms. The number of amides is 1. The summed E-state index contributed by atoms with van der Waals surface area (Å²) >= 11 is 0. The average Bonchev–Trinajstić information content (AvgIpc) is 3.30. The minimum atomic E-state index is -1.01. The maximum Gasteiger partial charge on any atom is 0.410 e. The molecular weight excluding hydrogens is 470 g/mol. The highest BCUT2D eigenvalue weighted by Crippen LogP contribution is 2.41. The summed E-state index contributed by atoms with van der Waals surface area (Å²) in [6, 6.07) is 16.1. The number of allylic oxidation sites excluding steroid dienone is 1. The molecule has 0 saturated carbocycles. The minimum Gasteiger partial charge on any atom is -0.469 e. The molecule has 2 aromatic rings. The summed E-state index contributed by atoms with van der Waals surface area (Å²) in [5.74, 6) is -2.05. The Hall–Kier alpha value is -3.87. The molecule has 0 bridgehead atoms. The number of ether oxygens (including phenoxy) is 3. The third-order valence-electron chi connectivity index (χ3n) is 6.79. The van der Waals surface area contributed by atoms with Gasteiger partial charge in [-0.25, -0.2) is 9.59 Å². The molecule has 7 nitrogen and oxygen atoms in total. The molecule has 0 aliphatic carbocycles. The van der Waals surface area contributed by atoms with Crippen LogP contribution >= 0.6 is 0 Å². The van der Waals surface area contributed by atoms with Crippen molar-refractivity contribution < 1.29 is 28.6 Å². The molecule has 196 valence electrons. The molecule has 1 aliphatic rings. The zero-order valence-corrected chi connectivity index (χ0v) is 21.8. The van der Waals surface area contributed by atoms with Gasteiger partial charge < -0.3 is 14.2 Å². The Balaban J connectivity index is 1.92. The van der Waals surface area contributed by atoms with E-state index in [1.54, 1.807) is 6.92 Å². The summed E-state index contributed by atoms with van der Waals surface area (Å²) in [4.78, 5) is 40.1. The molecule has 0 radical (unpaired) electrons. The van der Waals surface area contributed by atoms with Crippen LogP contribution in [0.3, 0.4) is 0 Å². The van der Waals surface area contributed by atoms with Gasteiger partial charge in [0.25, 0.3) is 0 Å². The van der Waals surface area contributed by atoms with Crippen molar-refractivity contribution in [3.63, 3.8) is 0 Å². The van der Waals surface area contributed by atoms with Crippen molar-refractivity contribution in [1.82, 2.24) is 4.90 Å². The molecule has 1 heterocycles. The van der Waals surface area contributed by atoms with Gasteiger partial charge in [-0.15, -0.1) is 0 Å². The highest BCUT2D eigenvalue weighted by Gasteiger charge is 2.51. The van der Waals surface area contributed by atoms with Crippen molar-refractivity contribution in [2.45, 2.75) is 39.3 Å². The van der Waals surface area contributed by atoms with Crippen LogP contribution in [0.1, 0.15) is 43.4 Å². The van der Waals surface area contributed by atoms with Crippen molar-refractivity contribution in [2.75, 3.05) is 20.3 Å². The number of esters is 2. The van der Waals surface area contributed by atoms with E-state index >= 15 is 0 Å². The van der Waals surface area contributed by atoms with Crippen LogP contribution in [0.2, 0.25) is 0 Å². The Morgan fingerprint density at radius 1 is 0.946 bits per heavy atom. The van der Waals surface area contributed by atoms with E-state index < -0.39 is 35.9 Å². The van der Waals surface area contributed by atoms with E-state index in [2.05, 4.69) is 13.2 Å². The monoisotopic (exact) mass is 505 g/mol. The van der Waals surface area contributed by atoms with Gasteiger partial charge in [-0.2, -0.15) is 0 Å². The van der Waals surface area contributed by atoms with Crippen LogP contribution in [-0.2, 0) is 30.4 Å². The lowest BCUT2D eigenvalue weighted by Gasteiger charge is -2.26. The van der Waals surface area contributed by atoms with Crippen molar-refractivity contribution in [1.29, 1.82) is 0 Å². The maximum atomic E-state index is 13.2. The number of nitrogens with zero attached hydrogens (tertiary/aromatic N) is 1. The standard InChI is InChI=1S/C30H35NO6/c1-6-20(3)23-13-15-24(16-14-23)21(4)26-18-31(30(34)37-19-22-11-9-8-10-12-22)28(29(33)36-7-2)25(26)17-27(32)35-5/h8-16,25-26,28H,3-4,6-7,17-19H2,1-2,5H3/t25-,26+,28-/m0/s1. The summed E-state index contributed by atoms with van der Waals surface area (Å²) < 4.78 is 15.8. The van der Waals surface area contributed by atoms with Crippen LogP contribution in [0.4, 0.5) is 4.79 Å². The van der Waals surface area contributed by atoms with Crippen molar-refractivity contribution >= 4 is 29.2 Å². The van der Waals surface area contributed by atoms with E-state index in [9.17, 15) is 14.4 Å². The van der Waals surface area contributed by atoms with Gasteiger partial charge in [0.2, 0.25) is 0 Å². The number of methoxy groups -OCH3 is 1. The number of carbonyl (C=O) groups excluding carboxylic acids is 3. The van der Waals surface area contributed by atoms with Crippen LogP contribution in [0, 0.1) is 11.8 Å². The van der Waals surface area contributed by atoms with E-state index in [-0.39, 0.29) is 26.2 Å². The first-order valence-corrected chi connectivity index (χ1v) is 12.5. The predicted octanol–water partition coefficient (Wildman–Crippen LogP) is 5.50. The first kappa shape index (κ1) is 27.7. The quantitative estimate of drug-likeness (QED) is 0.313. The zero-order valence-electron chi connectivity index (χ0n) is 21.8. The summed E-state index contributed by atoms with van der Waals surface area (Å²) in [7, 11) is 1.30. The topological polar surface area (TPSA) is 82.1 Å². The second-order valence-corrected chi connectivity index (χ2v) is 9.00. The highest BCUT2D eigenvalue weighted by molar-refractivity contribution is 5.85. The van der Waals surface area contributed by atoms with Crippen molar-refractivity contribution in [2.24, 2.45) is 11.8 Å². The van der Waals surface area contributed by atoms with Gasteiger partial charge in [0.15, 0.2) is 0 Å². The van der Waals surface area contributed by atoms with Gasteiger partial charge in [-0.05, 0) is 41.2 Å². The number of benzene rings is 2. The number of hydrogen-bond acceptors (Lipinski definition) is 6. The molecule has 0 aromatic heterocycles. The molecule has 37 heavy (non-hydrogen) atoms. The Kier molecular flexibility index (Phi) is 9.66. The molecule has 1 fully saturated rings. The van der Waals surface area contributed by atoms with Crippen LogP contribution in [-0.4, -0.2) is 49.2 Å². The second-order valence-electron chi connectivity index (χ2n) is 9.00. The van der Waals surface area contributed by atoms with Crippen LogP contribution in [0.5, 0.6) is 0 Å². The number of rotatable bonds is 10. The molecule has 0 unspecified atom stereocenters. The Morgan fingerprint density at radius 3 is 2.19 bits per heavy atom. The van der Waals surface area contributed by atoms with E-state index in [1.807, 2.05) is 61.5 Å². The Labute approximate surface area is 218 Å². The molecule has 7 heteroatoms. The number of carbonyl (C=O) groups is 3. The average molecular weight is 506 g/mol. The lowest BCUT2D eigenvalue weighted by atomic mass is 9.80. The van der Waals surface area contributed by atoms with E-state index in [0.29, 0.717) is 0 Å². The number of likely N-dealkylation sites (tertiary alicyclic amines) is 1. The second kappa shape index (κ2) is 12.9. The molecule has 3 rings (SSSR count). The van der Waals surface area contributed by atoms with Gasteiger partial charge >= 0.3 is 18.0 Å². The summed E-state index contributed by atoms with van der Waals surface area (Å²) in [6.07, 6.45) is 0.115. The molecule has 1 aliphatic heterocycles. The van der Waals surface area contributed by atoms with Crippen LogP contribution in [0.25, 0.3) is 11.1 Å². The Morgan fingerprint density at radius 2 is 1.59 bits per heavy atom. The predicted molar refractivity (Wildman–Crippen MR) is 142 cm³/mol. The summed E-state index contributed by atoms with van der Waals surface area (Å²) in [5.41, 5.74) is 4.46. The van der Waals surface area contributed by atoms with Gasteiger partial charge in [0, 0.05) is 18.4 Å². The molecule has 0 N–H and O–H groups in total. The highest BCUT2D eigenvalue weighted by atomic mass is 16.6. The van der Waals surface area contributed by atoms with Crippen molar-refractivity contribution in [3.8, 4) is 0 Å². The zero-order chi connectivity index (χ0) is 26.9. The first-order valence-electron chi connectivity index (χ1n) is 12.5. The molecule has 3 atom stereocenters. The van der Waals surface area contributed by atoms with Crippen LogP contribution in [0.15, 0.2) is 67.8 Å². The van der Waals surface area contributed by atoms with E-state index in [0.717, 1.165) is 34.3 Å². The smallest absolute Gasteiger partial charge is 0.410 e. The van der Waals surface area contributed by atoms with E-state index in [4.69, 9.17) is 14.2 Å². The fourth-order valence-electron chi connectivity index (χ4n) is 4.67. The van der Waals surface area contributed by atoms with Crippen LogP contribution < -0.4 is 0 Å². The maximum absolute atomic E-state index is 13.2. The van der Waals surface area contributed by atoms with Gasteiger partial charge in [0.1, 0.15) is 12.6 Å². The Bertz CT molecular complexity index is 1120. The normalized spacial score (nSPS) is 18.7. The molecule has 1 saturated heterocycles. The third kappa shape index (κ3) is 6.67. The molecule has 1 amide bonds. The van der Waals surface area contributed by atoms with Gasteiger partial charge in [-0.1, -0.05) is 74.7 Å². The SMILES string of the molecule is C=C(CC)c1ccc(C(=C)[C@H]2CN(C(=O)OCc3ccccc3)[C@H](C(=O)OCC)[C@H]2CC(=O)OC)cc1. The van der Waals surface area contributed by atoms with Gasteiger partial charge in [0.05, 0.1) is 20.1 Å². The molecular formula is C30H35NO6. The fraction of sp³-hybridized carbons (Fsp3) is 0.367. The first-order chi connectivity index (χ1) is 17.8. The summed E-state index contributed by atoms with van der Waals surface area (Å²) in [6.45, 7) is 12.5. The lowest BCUT2D eigenvalue weighted by Crippen LogP contribution is -2.45. The molecule has 2 aromatic carbocycles. The van der Waals surface area contributed by atoms with Gasteiger partial charge in [-0.3, -0.25) is 9.69 Å². The minimum absolute atomic E-state index is 0.0573. The number of hydrogen-bond donors (Lipinski definition) is 0.